The third-order valence-corrected chi connectivity index (χ3v) is 6.11. The van der Waals surface area contributed by atoms with Gasteiger partial charge >= 0.3 is 0 Å². The minimum absolute atomic E-state index is 0.646. The summed E-state index contributed by atoms with van der Waals surface area (Å²) in [6.07, 6.45) is 4.76. The summed E-state index contributed by atoms with van der Waals surface area (Å²) >= 11 is 1.57. The average Bonchev–Trinajstić information content (AvgIpc) is 3.49. The normalized spacial score (nSPS) is 13.9. The van der Waals surface area contributed by atoms with Gasteiger partial charge in [-0.3, -0.25) is 9.68 Å². The second kappa shape index (κ2) is 10.8. The largest absolute Gasteiger partial charge is 0.431 e. The third-order valence-electron chi connectivity index (χ3n) is 5.20. The summed E-state index contributed by atoms with van der Waals surface area (Å²) in [6, 6.07) is 16.5. The number of rotatable bonds is 13. The van der Waals surface area contributed by atoms with Gasteiger partial charge in [-0.05, 0) is 61.4 Å². The van der Waals surface area contributed by atoms with Crippen molar-refractivity contribution in [3.8, 4) is 10.9 Å². The van der Waals surface area contributed by atoms with Gasteiger partial charge in [0, 0.05) is 19.6 Å². The van der Waals surface area contributed by atoms with Gasteiger partial charge in [-0.2, -0.15) is 0 Å². The van der Waals surface area contributed by atoms with Gasteiger partial charge < -0.3 is 9.64 Å². The van der Waals surface area contributed by atoms with Gasteiger partial charge in [0.1, 0.15) is 5.75 Å². The number of hydrogen-bond donors (Lipinski definition) is 1. The third kappa shape index (κ3) is 6.48. The highest BCUT2D eigenvalue weighted by molar-refractivity contribution is 7.20. The molecule has 0 spiro atoms. The Morgan fingerprint density at radius 2 is 1.93 bits per heavy atom. The van der Waals surface area contributed by atoms with Gasteiger partial charge in [0.2, 0.25) is 0 Å². The van der Waals surface area contributed by atoms with Crippen molar-refractivity contribution in [3.63, 3.8) is 0 Å². The first kappa shape index (κ1) is 21.2. The first-order chi connectivity index (χ1) is 14.8. The molecule has 0 saturated heterocycles. The summed E-state index contributed by atoms with van der Waals surface area (Å²) in [5.41, 5.74) is 4.73. The van der Waals surface area contributed by atoms with Crippen molar-refractivity contribution >= 4 is 21.6 Å². The van der Waals surface area contributed by atoms with Gasteiger partial charge in [-0.1, -0.05) is 41.2 Å². The predicted molar refractivity (Wildman–Crippen MR) is 120 cm³/mol. The van der Waals surface area contributed by atoms with E-state index in [9.17, 15) is 0 Å². The van der Waals surface area contributed by atoms with E-state index < -0.39 is 0 Å². The molecule has 1 saturated carbocycles. The maximum Gasteiger partial charge on any atom is 0.279 e. The van der Waals surface area contributed by atoms with Gasteiger partial charge in [0.05, 0.1) is 23.9 Å². The zero-order valence-electron chi connectivity index (χ0n) is 17.4. The quantitative estimate of drug-likeness (QED) is 0.312. The van der Waals surface area contributed by atoms with Crippen LogP contribution in [0.4, 0.5) is 0 Å². The van der Waals surface area contributed by atoms with Crippen molar-refractivity contribution in [3.05, 3.63) is 54.1 Å². The maximum atomic E-state index is 5.96. The summed E-state index contributed by atoms with van der Waals surface area (Å²) < 4.78 is 7.10. The standard InChI is InChI=1S/C23H29N3O3S/c1-27-25-28-16-4-14-26(17-19-7-8-19)15-13-18-9-11-20(12-10-18)29-23-24-21-5-2-3-6-22(21)30-23/h2-3,5-6,9-12,19,25H,4,7-8,13-17H2,1H3. The first-order valence-electron chi connectivity index (χ1n) is 10.5. The van der Waals surface area contributed by atoms with Crippen LogP contribution in [0.2, 0.25) is 0 Å². The summed E-state index contributed by atoms with van der Waals surface area (Å²) in [5.74, 6) is 1.71. The number of nitrogens with one attached hydrogen (secondary N) is 1. The van der Waals surface area contributed by atoms with Crippen molar-refractivity contribution < 1.29 is 14.4 Å². The van der Waals surface area contributed by atoms with E-state index in [2.05, 4.69) is 33.7 Å². The molecule has 1 heterocycles. The highest BCUT2D eigenvalue weighted by Gasteiger charge is 2.23. The number of fused-ring (bicyclic) bond motifs is 1. The number of thiazole rings is 1. The lowest BCUT2D eigenvalue weighted by Gasteiger charge is -2.22. The molecule has 1 aromatic heterocycles. The monoisotopic (exact) mass is 427 g/mol. The molecule has 0 bridgehead atoms. The summed E-state index contributed by atoms with van der Waals surface area (Å²) in [5, 5.41) is 0.685. The van der Waals surface area contributed by atoms with Crippen molar-refractivity contribution in [1.29, 1.82) is 0 Å². The molecule has 4 rings (SSSR count). The second-order valence-corrected chi connectivity index (χ2v) is 8.67. The smallest absolute Gasteiger partial charge is 0.279 e. The minimum atomic E-state index is 0.646. The zero-order valence-corrected chi connectivity index (χ0v) is 18.2. The lowest BCUT2D eigenvalue weighted by molar-refractivity contribution is -0.152. The molecule has 0 unspecified atom stereocenters. The van der Waals surface area contributed by atoms with Crippen molar-refractivity contribution in [2.75, 3.05) is 33.4 Å². The van der Waals surface area contributed by atoms with E-state index in [1.165, 1.54) is 24.9 Å². The number of ether oxygens (including phenoxy) is 1. The molecule has 1 aliphatic rings. The molecule has 30 heavy (non-hydrogen) atoms. The van der Waals surface area contributed by atoms with Crippen LogP contribution >= 0.6 is 11.3 Å². The number of nitrogens with zero attached hydrogens (tertiary/aromatic N) is 2. The van der Waals surface area contributed by atoms with Crippen LogP contribution in [0.1, 0.15) is 24.8 Å². The van der Waals surface area contributed by atoms with Crippen LogP contribution in [0, 0.1) is 5.92 Å². The Morgan fingerprint density at radius 1 is 1.10 bits per heavy atom. The van der Waals surface area contributed by atoms with Crippen LogP contribution in [0.25, 0.3) is 10.2 Å². The molecule has 1 N–H and O–H groups in total. The SMILES string of the molecule is CONOCCCN(CCc1ccc(Oc2nc3ccccc3s2)cc1)CC1CC1. The van der Waals surface area contributed by atoms with E-state index in [1.807, 2.05) is 30.3 Å². The lowest BCUT2D eigenvalue weighted by Crippen LogP contribution is -2.30. The molecule has 1 fully saturated rings. The lowest BCUT2D eigenvalue weighted by atomic mass is 10.1. The number of benzene rings is 2. The van der Waals surface area contributed by atoms with E-state index in [0.717, 1.165) is 47.8 Å². The van der Waals surface area contributed by atoms with Crippen molar-refractivity contribution in [1.82, 2.24) is 15.5 Å². The Morgan fingerprint density at radius 3 is 2.70 bits per heavy atom. The maximum absolute atomic E-state index is 5.96. The Balaban J connectivity index is 1.26. The topological polar surface area (TPSA) is 55.8 Å². The molecule has 0 radical (unpaired) electrons. The molecule has 3 aromatic rings. The molecule has 0 atom stereocenters. The number of aromatic nitrogens is 1. The fourth-order valence-corrected chi connectivity index (χ4v) is 4.26. The van der Waals surface area contributed by atoms with Crippen molar-refractivity contribution in [2.45, 2.75) is 25.7 Å². The molecule has 7 heteroatoms. The fourth-order valence-electron chi connectivity index (χ4n) is 3.43. The molecule has 1 aliphatic carbocycles. The number of hydrogen-bond acceptors (Lipinski definition) is 7. The molecular formula is C23H29N3O3S. The second-order valence-electron chi connectivity index (χ2n) is 7.68. The Bertz CT molecular complexity index is 878. The summed E-state index contributed by atoms with van der Waals surface area (Å²) in [4.78, 5) is 17.0. The molecule has 0 amide bonds. The van der Waals surface area contributed by atoms with Crippen LogP contribution in [0.5, 0.6) is 10.9 Å². The molecule has 0 aliphatic heterocycles. The zero-order chi connectivity index (χ0) is 20.6. The van der Waals surface area contributed by atoms with Crippen LogP contribution in [-0.2, 0) is 16.1 Å². The van der Waals surface area contributed by atoms with Crippen LogP contribution < -0.4 is 10.4 Å². The minimum Gasteiger partial charge on any atom is -0.431 e. The fraction of sp³-hybridized carbons (Fsp3) is 0.435. The van der Waals surface area contributed by atoms with E-state index >= 15 is 0 Å². The first-order valence-corrected chi connectivity index (χ1v) is 11.4. The molecule has 160 valence electrons. The van der Waals surface area contributed by atoms with Gasteiger partial charge in [-0.25, -0.2) is 4.98 Å². The van der Waals surface area contributed by atoms with E-state index in [0.29, 0.717) is 11.8 Å². The van der Waals surface area contributed by atoms with Crippen LogP contribution in [-0.4, -0.2) is 43.2 Å². The highest BCUT2D eigenvalue weighted by atomic mass is 32.1. The van der Waals surface area contributed by atoms with E-state index in [4.69, 9.17) is 14.4 Å². The van der Waals surface area contributed by atoms with Crippen molar-refractivity contribution in [2.24, 2.45) is 5.92 Å². The Labute approximate surface area is 181 Å². The molecule has 2 aromatic carbocycles. The number of para-hydroxylation sites is 1. The Kier molecular flexibility index (Phi) is 7.66. The van der Waals surface area contributed by atoms with E-state index in [-0.39, 0.29) is 0 Å². The van der Waals surface area contributed by atoms with Crippen LogP contribution in [0.3, 0.4) is 0 Å². The summed E-state index contributed by atoms with van der Waals surface area (Å²) in [7, 11) is 1.55. The molecular weight excluding hydrogens is 398 g/mol. The van der Waals surface area contributed by atoms with Gasteiger partial charge in [0.15, 0.2) is 0 Å². The van der Waals surface area contributed by atoms with Gasteiger partial charge in [-0.15, -0.1) is 0 Å². The van der Waals surface area contributed by atoms with E-state index in [1.54, 1.807) is 18.4 Å². The average molecular weight is 428 g/mol. The summed E-state index contributed by atoms with van der Waals surface area (Å²) in [6.45, 7) is 3.94. The van der Waals surface area contributed by atoms with Crippen LogP contribution in [0.15, 0.2) is 48.5 Å². The Hall–Kier alpha value is -2.03. The highest BCUT2D eigenvalue weighted by Crippen LogP contribution is 2.31. The van der Waals surface area contributed by atoms with Gasteiger partial charge in [0.25, 0.3) is 5.19 Å². The predicted octanol–water partition coefficient (Wildman–Crippen LogP) is 4.82. The molecule has 6 nitrogen and oxygen atoms in total.